The maximum atomic E-state index is 9.75. The van der Waals surface area contributed by atoms with Crippen LogP contribution in [-0.2, 0) is 4.74 Å². The molecule has 0 spiro atoms. The fourth-order valence-electron chi connectivity index (χ4n) is 1.22. The highest BCUT2D eigenvalue weighted by Gasteiger charge is 2.20. The lowest BCUT2D eigenvalue weighted by molar-refractivity contribution is -0.907. The molecule has 1 aliphatic heterocycles. The maximum absolute atomic E-state index is 9.75. The number of likely N-dealkylation sites (tertiary alicyclic amines) is 1. The lowest BCUT2D eigenvalue weighted by atomic mass is 10.3. The molecular weight excluding hydrogens is 189 g/mol. The molecule has 0 radical (unpaired) electrons. The second-order valence-corrected chi connectivity index (χ2v) is 2.88. The number of hydrogen-bond donors (Lipinski definition) is 1. The molecule has 0 bridgehead atoms. The van der Waals surface area contributed by atoms with Gasteiger partial charge in [-0.2, -0.15) is 0 Å². The summed E-state index contributed by atoms with van der Waals surface area (Å²) in [5.41, 5.74) is 0. The SMILES string of the molecule is COC[NH+]1CCCC1.F[B-](F)(F)F. The van der Waals surface area contributed by atoms with Crippen molar-refractivity contribution in [3.8, 4) is 0 Å². The number of hydrogen-bond acceptors (Lipinski definition) is 1. The molecule has 1 saturated heterocycles. The summed E-state index contributed by atoms with van der Waals surface area (Å²) in [4.78, 5) is 1.60. The second-order valence-electron chi connectivity index (χ2n) is 2.88. The minimum Gasteiger partial charge on any atom is -0.418 e. The zero-order chi connectivity index (χ0) is 10.3. The fraction of sp³-hybridized carbons (Fsp3) is 1.00. The first-order valence-corrected chi connectivity index (χ1v) is 4.13. The lowest BCUT2D eigenvalue weighted by Crippen LogP contribution is -3.10. The number of rotatable bonds is 2. The third kappa shape index (κ3) is 11.7. The van der Waals surface area contributed by atoms with Crippen LogP contribution in [0.1, 0.15) is 12.8 Å². The molecule has 80 valence electrons. The van der Waals surface area contributed by atoms with E-state index in [9.17, 15) is 17.3 Å². The molecule has 2 nitrogen and oxygen atoms in total. The Morgan fingerprint density at radius 1 is 1.15 bits per heavy atom. The van der Waals surface area contributed by atoms with E-state index in [1.165, 1.54) is 25.9 Å². The van der Waals surface area contributed by atoms with Crippen molar-refractivity contribution in [1.82, 2.24) is 0 Å². The van der Waals surface area contributed by atoms with Crippen molar-refractivity contribution >= 4 is 7.25 Å². The minimum atomic E-state index is -6.00. The van der Waals surface area contributed by atoms with Crippen LogP contribution in [0.3, 0.4) is 0 Å². The zero-order valence-electron chi connectivity index (χ0n) is 7.53. The Morgan fingerprint density at radius 2 is 1.54 bits per heavy atom. The van der Waals surface area contributed by atoms with Gasteiger partial charge < -0.3 is 26.9 Å². The number of halogens is 4. The summed E-state index contributed by atoms with van der Waals surface area (Å²) in [6.07, 6.45) is 2.78. The van der Waals surface area contributed by atoms with Gasteiger partial charge in [-0.05, 0) is 0 Å². The Morgan fingerprint density at radius 3 is 1.85 bits per heavy atom. The van der Waals surface area contributed by atoms with Gasteiger partial charge in [0.25, 0.3) is 0 Å². The summed E-state index contributed by atoms with van der Waals surface area (Å²) in [6, 6.07) is 0. The van der Waals surface area contributed by atoms with Crippen molar-refractivity contribution in [3.63, 3.8) is 0 Å². The topological polar surface area (TPSA) is 13.7 Å². The van der Waals surface area contributed by atoms with Crippen molar-refractivity contribution < 1.29 is 26.9 Å². The van der Waals surface area contributed by atoms with Gasteiger partial charge in [0.05, 0.1) is 13.1 Å². The fourth-order valence-corrected chi connectivity index (χ4v) is 1.22. The molecule has 7 heteroatoms. The number of ether oxygens (including phenoxy) is 1. The van der Waals surface area contributed by atoms with Crippen LogP contribution in [-0.4, -0.2) is 34.2 Å². The Bertz CT molecular complexity index is 120. The quantitative estimate of drug-likeness (QED) is 0.511. The van der Waals surface area contributed by atoms with Crippen LogP contribution in [0.5, 0.6) is 0 Å². The van der Waals surface area contributed by atoms with E-state index in [1.807, 2.05) is 0 Å². The largest absolute Gasteiger partial charge is 0.673 e. The van der Waals surface area contributed by atoms with Crippen LogP contribution in [0.25, 0.3) is 0 Å². The predicted molar refractivity (Wildman–Crippen MR) is 42.0 cm³/mol. The molecule has 1 aliphatic rings. The molecule has 0 aromatic heterocycles. The van der Waals surface area contributed by atoms with E-state index in [4.69, 9.17) is 4.74 Å². The molecule has 0 aromatic rings. The molecule has 0 unspecified atom stereocenters. The monoisotopic (exact) mass is 203 g/mol. The Labute approximate surface area is 75.0 Å². The average molecular weight is 203 g/mol. The molecule has 0 aromatic carbocycles. The van der Waals surface area contributed by atoms with Gasteiger partial charge in [-0.3, -0.25) is 0 Å². The van der Waals surface area contributed by atoms with Crippen molar-refractivity contribution in [2.75, 3.05) is 26.9 Å². The summed E-state index contributed by atoms with van der Waals surface area (Å²) >= 11 is 0. The van der Waals surface area contributed by atoms with Gasteiger partial charge in [-0.1, -0.05) is 0 Å². The van der Waals surface area contributed by atoms with E-state index in [-0.39, 0.29) is 0 Å². The van der Waals surface area contributed by atoms with E-state index in [2.05, 4.69) is 0 Å². The summed E-state index contributed by atoms with van der Waals surface area (Å²) in [5.74, 6) is 0. The van der Waals surface area contributed by atoms with Crippen molar-refractivity contribution in [1.29, 1.82) is 0 Å². The molecule has 0 aliphatic carbocycles. The molecular formula is C6H14BF4NO. The predicted octanol–water partition coefficient (Wildman–Crippen LogP) is 0.569. The highest BCUT2D eigenvalue weighted by Crippen LogP contribution is 2.06. The molecule has 0 atom stereocenters. The van der Waals surface area contributed by atoms with Crippen LogP contribution in [0, 0.1) is 0 Å². The maximum Gasteiger partial charge on any atom is 0.673 e. The molecule has 1 heterocycles. The Kier molecular flexibility index (Phi) is 6.06. The minimum absolute atomic E-state index is 0.903. The zero-order valence-corrected chi connectivity index (χ0v) is 7.53. The standard InChI is InChI=1S/C6H13NO.BF4/c1-8-6-7-4-2-3-5-7;2-1(3,4)5/h2-6H2,1H3;/q;-1/p+1. The van der Waals surface area contributed by atoms with Gasteiger partial charge in [0.2, 0.25) is 0 Å². The molecule has 1 rings (SSSR count). The molecule has 1 fully saturated rings. The normalized spacial score (nSPS) is 18.2. The van der Waals surface area contributed by atoms with Crippen LogP contribution < -0.4 is 4.90 Å². The summed E-state index contributed by atoms with van der Waals surface area (Å²) < 4.78 is 44.0. The first-order chi connectivity index (χ1) is 5.93. The Hall–Kier alpha value is -0.295. The molecule has 0 saturated carbocycles. The van der Waals surface area contributed by atoms with Gasteiger partial charge in [0, 0.05) is 20.0 Å². The van der Waals surface area contributed by atoms with E-state index in [1.54, 1.807) is 12.0 Å². The van der Waals surface area contributed by atoms with E-state index in [0.29, 0.717) is 0 Å². The summed E-state index contributed by atoms with van der Waals surface area (Å²) in [6.45, 7) is 3.53. The first kappa shape index (κ1) is 12.7. The second kappa shape index (κ2) is 6.20. The number of methoxy groups -OCH3 is 1. The van der Waals surface area contributed by atoms with Gasteiger partial charge >= 0.3 is 7.25 Å². The Balaban J connectivity index is 0.000000252. The summed E-state index contributed by atoms with van der Waals surface area (Å²) in [7, 11) is -4.23. The van der Waals surface area contributed by atoms with Crippen molar-refractivity contribution in [3.05, 3.63) is 0 Å². The van der Waals surface area contributed by atoms with E-state index < -0.39 is 7.25 Å². The highest BCUT2D eigenvalue weighted by atomic mass is 19.5. The number of quaternary nitrogens is 1. The average Bonchev–Trinajstić information content (AvgIpc) is 2.36. The van der Waals surface area contributed by atoms with Gasteiger partial charge in [-0.25, -0.2) is 0 Å². The van der Waals surface area contributed by atoms with E-state index >= 15 is 0 Å². The molecule has 0 amide bonds. The van der Waals surface area contributed by atoms with Gasteiger partial charge in [-0.15, -0.1) is 0 Å². The van der Waals surface area contributed by atoms with Crippen LogP contribution >= 0.6 is 0 Å². The summed E-state index contributed by atoms with van der Waals surface area (Å²) in [5, 5.41) is 0. The molecule has 13 heavy (non-hydrogen) atoms. The van der Waals surface area contributed by atoms with Crippen LogP contribution in [0.4, 0.5) is 17.3 Å². The van der Waals surface area contributed by atoms with Gasteiger partial charge in [0.15, 0.2) is 6.73 Å². The van der Waals surface area contributed by atoms with Crippen molar-refractivity contribution in [2.45, 2.75) is 12.8 Å². The third-order valence-electron chi connectivity index (χ3n) is 1.66. The van der Waals surface area contributed by atoms with Crippen LogP contribution in [0.2, 0.25) is 0 Å². The first-order valence-electron chi connectivity index (χ1n) is 4.13. The van der Waals surface area contributed by atoms with Crippen LogP contribution in [0.15, 0.2) is 0 Å². The number of nitrogens with one attached hydrogen (secondary N) is 1. The third-order valence-corrected chi connectivity index (χ3v) is 1.66. The smallest absolute Gasteiger partial charge is 0.418 e. The lowest BCUT2D eigenvalue weighted by Gasteiger charge is -2.08. The van der Waals surface area contributed by atoms with Crippen molar-refractivity contribution in [2.24, 2.45) is 0 Å². The highest BCUT2D eigenvalue weighted by molar-refractivity contribution is 6.50. The van der Waals surface area contributed by atoms with E-state index in [0.717, 1.165) is 6.73 Å². The van der Waals surface area contributed by atoms with Gasteiger partial charge in [0.1, 0.15) is 0 Å². The molecule has 1 N–H and O–H groups in total.